The van der Waals surface area contributed by atoms with Gasteiger partial charge in [-0.05, 0) is 55.9 Å². The quantitative estimate of drug-likeness (QED) is 0.866. The lowest BCUT2D eigenvalue weighted by molar-refractivity contribution is 0.0311. The first-order valence-corrected chi connectivity index (χ1v) is 8.78. The molecule has 0 bridgehead atoms. The van der Waals surface area contributed by atoms with E-state index in [-0.39, 0.29) is 11.7 Å². The van der Waals surface area contributed by atoms with E-state index in [1.165, 1.54) is 55.3 Å². The molecule has 2 atom stereocenters. The smallest absolute Gasteiger partial charge is 0.388 e. The lowest BCUT2D eigenvalue weighted by atomic mass is 9.78. The summed E-state index contributed by atoms with van der Waals surface area (Å²) in [6.07, 6.45) is 7.59. The summed E-state index contributed by atoms with van der Waals surface area (Å²) >= 11 is 0. The number of benzene rings is 1. The second kappa shape index (κ2) is 6.51. The van der Waals surface area contributed by atoms with Crippen LogP contribution in [0, 0.1) is 11.7 Å². The number of rotatable bonds is 3. The van der Waals surface area contributed by atoms with Crippen molar-refractivity contribution in [3.05, 3.63) is 40.6 Å². The molecule has 2 heterocycles. The van der Waals surface area contributed by atoms with Crippen molar-refractivity contribution in [1.29, 1.82) is 0 Å². The van der Waals surface area contributed by atoms with Gasteiger partial charge in [-0.25, -0.2) is 9.18 Å². The van der Waals surface area contributed by atoms with E-state index in [4.69, 9.17) is 4.42 Å². The summed E-state index contributed by atoms with van der Waals surface area (Å²) in [5.41, 5.74) is 0.612. The normalized spacial score (nSPS) is 24.7. The second-order valence-electron chi connectivity index (χ2n) is 6.89. The topological polar surface area (TPSA) is 51.3 Å². The fraction of sp³-hybridized carbons (Fsp3) is 0.556. The minimum atomic E-state index is -0.452. The van der Waals surface area contributed by atoms with Gasteiger partial charge < -0.3 is 4.42 Å². The first kappa shape index (κ1) is 15.6. The van der Waals surface area contributed by atoms with Crippen LogP contribution in [0.2, 0.25) is 0 Å². The van der Waals surface area contributed by atoms with Gasteiger partial charge in [0.15, 0.2) is 0 Å². The van der Waals surface area contributed by atoms with E-state index in [2.05, 4.69) is 10.00 Å². The summed E-state index contributed by atoms with van der Waals surface area (Å²) in [5, 5.41) is 4.31. The summed E-state index contributed by atoms with van der Waals surface area (Å²) in [6, 6.07) is 6.38. The van der Waals surface area contributed by atoms with Crippen LogP contribution in [-0.4, -0.2) is 27.3 Å². The molecule has 2 fully saturated rings. The zero-order valence-electron chi connectivity index (χ0n) is 13.7. The molecule has 6 heteroatoms. The molecule has 24 heavy (non-hydrogen) atoms. The molecule has 2 aliphatic rings. The lowest BCUT2D eigenvalue weighted by Crippen LogP contribution is -2.48. The van der Waals surface area contributed by atoms with Gasteiger partial charge in [0.25, 0.3) is 0 Å². The zero-order valence-corrected chi connectivity index (χ0v) is 13.7. The molecule has 128 valence electrons. The van der Waals surface area contributed by atoms with Gasteiger partial charge in [-0.1, -0.05) is 12.8 Å². The predicted octanol–water partition coefficient (Wildman–Crippen LogP) is 3.25. The summed E-state index contributed by atoms with van der Waals surface area (Å²) in [6.45, 7) is 1.48. The first-order valence-electron chi connectivity index (χ1n) is 8.78. The average Bonchev–Trinajstić information content (AvgIpc) is 2.97. The van der Waals surface area contributed by atoms with Gasteiger partial charge in [-0.15, -0.1) is 5.10 Å². The average molecular weight is 331 g/mol. The number of hydrogen-bond donors (Lipinski definition) is 0. The summed E-state index contributed by atoms with van der Waals surface area (Å²) < 4.78 is 19.7. The Morgan fingerprint density at radius 1 is 1.12 bits per heavy atom. The van der Waals surface area contributed by atoms with Crippen molar-refractivity contribution in [2.45, 2.75) is 51.2 Å². The van der Waals surface area contributed by atoms with Crippen LogP contribution in [0.3, 0.4) is 0 Å². The third-order valence-electron chi connectivity index (χ3n) is 5.37. The van der Waals surface area contributed by atoms with Crippen LogP contribution in [0.5, 0.6) is 0 Å². The Labute approximate surface area is 140 Å². The van der Waals surface area contributed by atoms with Crippen LogP contribution in [0.1, 0.15) is 38.5 Å². The molecule has 5 nitrogen and oxygen atoms in total. The van der Waals surface area contributed by atoms with E-state index >= 15 is 0 Å². The summed E-state index contributed by atoms with van der Waals surface area (Å²) in [5.74, 6) is 0.230. The zero-order chi connectivity index (χ0) is 16.5. The van der Waals surface area contributed by atoms with E-state index < -0.39 is 5.76 Å². The van der Waals surface area contributed by atoms with Crippen molar-refractivity contribution in [2.75, 3.05) is 6.54 Å². The molecule has 0 unspecified atom stereocenters. The van der Waals surface area contributed by atoms with E-state index in [0.29, 0.717) is 18.3 Å². The van der Waals surface area contributed by atoms with Gasteiger partial charge in [-0.3, -0.25) is 4.90 Å². The third kappa shape index (κ3) is 3.02. The Morgan fingerprint density at radius 3 is 2.71 bits per heavy atom. The van der Waals surface area contributed by atoms with Gasteiger partial charge in [0.1, 0.15) is 12.5 Å². The molecular formula is C18H22FN3O2. The molecule has 1 aromatic heterocycles. The maximum atomic E-state index is 13.0. The number of likely N-dealkylation sites (tertiary alicyclic amines) is 1. The number of nitrogens with zero attached hydrogens (tertiary/aromatic N) is 3. The Morgan fingerprint density at radius 2 is 1.88 bits per heavy atom. The molecule has 4 rings (SSSR count). The van der Waals surface area contributed by atoms with Crippen LogP contribution in [-0.2, 0) is 6.67 Å². The highest BCUT2D eigenvalue weighted by atomic mass is 19.1. The van der Waals surface area contributed by atoms with Crippen molar-refractivity contribution in [2.24, 2.45) is 5.92 Å². The summed E-state index contributed by atoms with van der Waals surface area (Å²) in [7, 11) is 0. The van der Waals surface area contributed by atoms with E-state index in [0.717, 1.165) is 12.5 Å². The van der Waals surface area contributed by atoms with Gasteiger partial charge in [0.05, 0.1) is 0 Å². The highest BCUT2D eigenvalue weighted by Crippen LogP contribution is 2.35. The second-order valence-corrected chi connectivity index (χ2v) is 6.89. The number of hydrogen-bond acceptors (Lipinski definition) is 4. The Hall–Kier alpha value is -1.95. The van der Waals surface area contributed by atoms with Crippen LogP contribution in [0.25, 0.3) is 11.5 Å². The van der Waals surface area contributed by atoms with Gasteiger partial charge >= 0.3 is 5.76 Å². The van der Waals surface area contributed by atoms with Gasteiger partial charge in [0.2, 0.25) is 5.89 Å². The maximum Gasteiger partial charge on any atom is 0.438 e. The Kier molecular flexibility index (Phi) is 4.22. The highest BCUT2D eigenvalue weighted by Gasteiger charge is 2.33. The van der Waals surface area contributed by atoms with E-state index in [1.54, 1.807) is 12.1 Å². The fourth-order valence-corrected chi connectivity index (χ4v) is 4.18. The van der Waals surface area contributed by atoms with Crippen molar-refractivity contribution in [3.63, 3.8) is 0 Å². The Balaban J connectivity index is 1.54. The summed E-state index contributed by atoms with van der Waals surface area (Å²) in [4.78, 5) is 14.5. The molecule has 1 aromatic carbocycles. The maximum absolute atomic E-state index is 13.0. The molecule has 0 amide bonds. The van der Waals surface area contributed by atoms with Crippen LogP contribution in [0.15, 0.2) is 33.5 Å². The van der Waals surface area contributed by atoms with Crippen molar-refractivity contribution in [1.82, 2.24) is 14.7 Å². The molecular weight excluding hydrogens is 309 g/mol. The molecule has 1 saturated heterocycles. The van der Waals surface area contributed by atoms with E-state index in [9.17, 15) is 9.18 Å². The number of aromatic nitrogens is 2. The van der Waals surface area contributed by atoms with Gasteiger partial charge in [0, 0.05) is 18.2 Å². The molecule has 0 N–H and O–H groups in total. The molecule has 0 radical (unpaired) electrons. The number of fused-ring (bicyclic) bond motifs is 1. The molecule has 0 spiro atoms. The van der Waals surface area contributed by atoms with Gasteiger partial charge in [-0.2, -0.15) is 4.68 Å². The molecule has 1 saturated carbocycles. The predicted molar refractivity (Wildman–Crippen MR) is 87.8 cm³/mol. The van der Waals surface area contributed by atoms with Crippen molar-refractivity contribution in [3.8, 4) is 11.5 Å². The molecule has 1 aliphatic carbocycles. The fourth-order valence-electron chi connectivity index (χ4n) is 4.18. The lowest BCUT2D eigenvalue weighted by Gasteiger charge is -2.43. The first-order chi connectivity index (χ1) is 11.7. The molecule has 1 aliphatic heterocycles. The minimum Gasteiger partial charge on any atom is -0.388 e. The number of halogens is 1. The van der Waals surface area contributed by atoms with Crippen molar-refractivity contribution >= 4 is 0 Å². The largest absolute Gasteiger partial charge is 0.438 e. The van der Waals surface area contributed by atoms with E-state index in [1.807, 2.05) is 0 Å². The van der Waals surface area contributed by atoms with Crippen LogP contribution < -0.4 is 5.76 Å². The SMILES string of the molecule is O=c1oc(-c2ccc(F)cc2)nn1CN1CCC[C@@H]2CCCC[C@H]21. The molecule has 2 aromatic rings. The standard InChI is InChI=1S/C18H22FN3O2/c19-15-9-7-14(8-10-15)17-20-22(18(23)24-17)12-21-11-3-5-13-4-1-2-6-16(13)21/h7-10,13,16H,1-6,11-12H2/t13-,16+/m0/s1. The Bertz CT molecular complexity index is 750. The van der Waals surface area contributed by atoms with Crippen molar-refractivity contribution < 1.29 is 8.81 Å². The number of piperidine rings is 1. The minimum absolute atomic E-state index is 0.247. The van der Waals surface area contributed by atoms with Crippen LogP contribution >= 0.6 is 0 Å². The monoisotopic (exact) mass is 331 g/mol. The highest BCUT2D eigenvalue weighted by molar-refractivity contribution is 5.51. The third-order valence-corrected chi connectivity index (χ3v) is 5.37. The van der Waals surface area contributed by atoms with Crippen LogP contribution in [0.4, 0.5) is 4.39 Å².